The fourth-order valence-corrected chi connectivity index (χ4v) is 5.03. The van der Waals surface area contributed by atoms with Gasteiger partial charge in [-0.15, -0.1) is 34.4 Å². The summed E-state index contributed by atoms with van der Waals surface area (Å²) in [6.07, 6.45) is 0.771. The summed E-state index contributed by atoms with van der Waals surface area (Å²) in [6.45, 7) is 2.36. The molecule has 0 fully saturated rings. The van der Waals surface area contributed by atoms with Crippen LogP contribution in [0.4, 0.5) is 0 Å². The first-order valence-electron chi connectivity index (χ1n) is 8.82. The van der Waals surface area contributed by atoms with E-state index in [0.29, 0.717) is 5.75 Å². The molecule has 3 aromatic rings. The van der Waals surface area contributed by atoms with E-state index in [0.717, 1.165) is 39.1 Å². The third-order valence-corrected chi connectivity index (χ3v) is 6.99. The first-order valence-corrected chi connectivity index (χ1v) is 11.6. The number of aliphatic carboxylic acids is 1. The van der Waals surface area contributed by atoms with Gasteiger partial charge in [-0.25, -0.2) is 4.98 Å². The molecule has 0 saturated heterocycles. The number of benzene rings is 1. The molecule has 0 spiro atoms. The maximum atomic E-state index is 10.5. The van der Waals surface area contributed by atoms with Crippen molar-refractivity contribution in [2.45, 2.75) is 13.3 Å². The molecule has 5 nitrogen and oxygen atoms in total. The van der Waals surface area contributed by atoms with Crippen LogP contribution in [0, 0.1) is 18.8 Å². The first kappa shape index (κ1) is 19.8. The van der Waals surface area contributed by atoms with Crippen molar-refractivity contribution in [3.63, 3.8) is 0 Å². The van der Waals surface area contributed by atoms with Crippen LogP contribution in [-0.2, 0) is 11.2 Å². The van der Waals surface area contributed by atoms with Crippen LogP contribution in [0.25, 0.3) is 10.6 Å². The second kappa shape index (κ2) is 8.91. The van der Waals surface area contributed by atoms with E-state index in [1.54, 1.807) is 22.7 Å². The fraction of sp³-hybridized carbons (Fsp3) is 0.238. The Balaban J connectivity index is 1.42. The van der Waals surface area contributed by atoms with Crippen LogP contribution in [0.2, 0.25) is 0 Å². The van der Waals surface area contributed by atoms with Gasteiger partial charge >= 0.3 is 5.97 Å². The minimum Gasteiger partial charge on any atom is -0.481 e. The van der Waals surface area contributed by atoms with Crippen molar-refractivity contribution >= 4 is 40.4 Å². The maximum Gasteiger partial charge on any atom is 0.313 e. The number of thiophene rings is 1. The van der Waals surface area contributed by atoms with Crippen LogP contribution >= 0.6 is 34.4 Å². The smallest absolute Gasteiger partial charge is 0.313 e. The predicted octanol–water partition coefficient (Wildman–Crippen LogP) is 4.67. The molecule has 0 aliphatic carbocycles. The second-order valence-electron chi connectivity index (χ2n) is 6.22. The minimum atomic E-state index is -0.811. The molecular formula is C21H17NO4S3. The van der Waals surface area contributed by atoms with Gasteiger partial charge in [-0.2, -0.15) is 0 Å². The molecule has 1 aliphatic rings. The Labute approximate surface area is 180 Å². The Morgan fingerprint density at radius 3 is 2.97 bits per heavy atom. The van der Waals surface area contributed by atoms with E-state index >= 15 is 0 Å². The summed E-state index contributed by atoms with van der Waals surface area (Å²) in [5.41, 5.74) is 2.10. The molecule has 148 valence electrons. The van der Waals surface area contributed by atoms with E-state index in [9.17, 15) is 4.79 Å². The van der Waals surface area contributed by atoms with Crippen LogP contribution in [-0.4, -0.2) is 34.4 Å². The highest BCUT2D eigenvalue weighted by molar-refractivity contribution is 8.00. The van der Waals surface area contributed by atoms with Gasteiger partial charge in [0.05, 0.1) is 22.1 Å². The summed E-state index contributed by atoms with van der Waals surface area (Å²) >= 11 is 4.64. The molecule has 0 bridgehead atoms. The van der Waals surface area contributed by atoms with Crippen molar-refractivity contribution in [1.82, 2.24) is 4.98 Å². The van der Waals surface area contributed by atoms with Gasteiger partial charge in [0.15, 0.2) is 11.5 Å². The molecule has 1 N–H and O–H groups in total. The van der Waals surface area contributed by atoms with E-state index in [1.807, 2.05) is 24.3 Å². The van der Waals surface area contributed by atoms with Crippen molar-refractivity contribution in [2.24, 2.45) is 0 Å². The number of carboxylic acids is 1. The Morgan fingerprint density at radius 2 is 2.10 bits per heavy atom. The summed E-state index contributed by atoms with van der Waals surface area (Å²) in [7, 11) is 0. The summed E-state index contributed by atoms with van der Waals surface area (Å²) in [6, 6.07) is 10.0. The Hall–Kier alpha value is -2.47. The van der Waals surface area contributed by atoms with E-state index in [4.69, 9.17) is 19.6 Å². The van der Waals surface area contributed by atoms with Gasteiger partial charge in [0, 0.05) is 21.7 Å². The highest BCUT2D eigenvalue weighted by Gasteiger charge is 2.16. The van der Waals surface area contributed by atoms with Crippen LogP contribution in [0.15, 0.2) is 30.3 Å². The lowest BCUT2D eigenvalue weighted by Crippen LogP contribution is -1.97. The molecule has 0 unspecified atom stereocenters. The SMILES string of the molecule is Cc1sc(-c2ccc3c(c2)OCO3)nc1Cc1ccc(C#CCSCC(=O)O)s1. The van der Waals surface area contributed by atoms with Crippen LogP contribution < -0.4 is 9.47 Å². The summed E-state index contributed by atoms with van der Waals surface area (Å²) < 4.78 is 10.8. The summed E-state index contributed by atoms with van der Waals surface area (Å²) in [5.74, 6) is 7.45. The third-order valence-electron chi connectivity index (χ3n) is 4.13. The number of fused-ring (bicyclic) bond motifs is 1. The number of thioether (sulfide) groups is 1. The topological polar surface area (TPSA) is 68.7 Å². The normalized spacial score (nSPS) is 11.9. The van der Waals surface area contributed by atoms with Gasteiger partial charge in [-0.1, -0.05) is 11.8 Å². The zero-order chi connectivity index (χ0) is 20.2. The highest BCUT2D eigenvalue weighted by Crippen LogP contribution is 2.38. The van der Waals surface area contributed by atoms with Gasteiger partial charge in [0.2, 0.25) is 6.79 Å². The third kappa shape index (κ3) is 4.93. The van der Waals surface area contributed by atoms with Gasteiger partial charge in [0.1, 0.15) is 5.01 Å². The summed E-state index contributed by atoms with van der Waals surface area (Å²) in [5, 5.41) is 9.60. The molecule has 3 heterocycles. The van der Waals surface area contributed by atoms with Crippen molar-refractivity contribution in [3.05, 3.63) is 50.7 Å². The number of thiazole rings is 1. The van der Waals surface area contributed by atoms with E-state index in [-0.39, 0.29) is 12.5 Å². The van der Waals surface area contributed by atoms with E-state index in [1.165, 1.54) is 21.5 Å². The van der Waals surface area contributed by atoms with Crippen LogP contribution in [0.1, 0.15) is 20.3 Å². The molecule has 1 aliphatic heterocycles. The number of hydrogen-bond acceptors (Lipinski definition) is 7. The van der Waals surface area contributed by atoms with Crippen LogP contribution in [0.5, 0.6) is 11.5 Å². The molecule has 0 radical (unpaired) electrons. The molecule has 0 amide bonds. The average molecular weight is 444 g/mol. The Morgan fingerprint density at radius 1 is 1.24 bits per heavy atom. The molecule has 2 aromatic heterocycles. The standard InChI is InChI=1S/C21H17NO4S3/c1-13-17(10-16-6-5-15(29-16)3-2-8-27-11-20(23)24)22-21(28-13)14-4-7-18-19(9-14)26-12-25-18/h4-7,9H,8,10-12H2,1H3,(H,23,24). The maximum absolute atomic E-state index is 10.5. The lowest BCUT2D eigenvalue weighted by molar-refractivity contribution is -0.133. The Kier molecular flexibility index (Phi) is 6.09. The molecule has 0 saturated carbocycles. The number of carbonyl (C=O) groups is 1. The minimum absolute atomic E-state index is 0.0825. The monoisotopic (exact) mass is 443 g/mol. The van der Waals surface area contributed by atoms with Crippen molar-refractivity contribution in [1.29, 1.82) is 0 Å². The van der Waals surface area contributed by atoms with Crippen molar-refractivity contribution < 1.29 is 19.4 Å². The molecule has 4 rings (SSSR count). The van der Waals surface area contributed by atoms with Crippen LogP contribution in [0.3, 0.4) is 0 Å². The second-order valence-corrected chi connectivity index (χ2v) is 9.58. The molecule has 29 heavy (non-hydrogen) atoms. The number of carboxylic acid groups (broad SMARTS) is 1. The number of ether oxygens (including phenoxy) is 2. The number of nitrogens with zero attached hydrogens (tertiary/aromatic N) is 1. The number of aryl methyl sites for hydroxylation is 1. The molecular weight excluding hydrogens is 426 g/mol. The highest BCUT2D eigenvalue weighted by atomic mass is 32.2. The lowest BCUT2D eigenvalue weighted by atomic mass is 10.2. The number of rotatable bonds is 6. The summed E-state index contributed by atoms with van der Waals surface area (Å²) in [4.78, 5) is 18.7. The van der Waals surface area contributed by atoms with Gasteiger partial charge in [-0.05, 0) is 37.3 Å². The first-order chi connectivity index (χ1) is 14.1. The molecule has 1 aromatic carbocycles. The van der Waals surface area contributed by atoms with Gasteiger partial charge in [-0.3, -0.25) is 4.79 Å². The number of hydrogen-bond donors (Lipinski definition) is 1. The zero-order valence-electron chi connectivity index (χ0n) is 15.6. The Bertz CT molecular complexity index is 1110. The van der Waals surface area contributed by atoms with Gasteiger partial charge < -0.3 is 14.6 Å². The zero-order valence-corrected chi connectivity index (χ0v) is 18.0. The molecule has 8 heteroatoms. The fourth-order valence-electron chi connectivity index (χ4n) is 2.76. The largest absolute Gasteiger partial charge is 0.481 e. The van der Waals surface area contributed by atoms with E-state index < -0.39 is 5.97 Å². The van der Waals surface area contributed by atoms with Gasteiger partial charge in [0.25, 0.3) is 0 Å². The molecule has 0 atom stereocenters. The quantitative estimate of drug-likeness (QED) is 0.441. The van der Waals surface area contributed by atoms with Crippen molar-refractivity contribution in [3.8, 4) is 33.9 Å². The van der Waals surface area contributed by atoms with E-state index in [2.05, 4.69) is 24.8 Å². The number of aromatic nitrogens is 1. The average Bonchev–Trinajstić information content (AvgIpc) is 3.41. The lowest BCUT2D eigenvalue weighted by Gasteiger charge is -1.99. The van der Waals surface area contributed by atoms with Crippen molar-refractivity contribution in [2.75, 3.05) is 18.3 Å². The predicted molar refractivity (Wildman–Crippen MR) is 117 cm³/mol.